The van der Waals surface area contributed by atoms with E-state index in [0.29, 0.717) is 0 Å². The number of rotatable bonds is 2. The summed E-state index contributed by atoms with van der Waals surface area (Å²) in [5.41, 5.74) is 4.50. The average molecular weight is 431 g/mol. The molecule has 150 valence electrons. The molecule has 1 aliphatic rings. The number of thiophene rings is 1. The second kappa shape index (κ2) is 7.02. The van der Waals surface area contributed by atoms with Crippen molar-refractivity contribution in [3.05, 3.63) is 94.8 Å². The number of benzene rings is 3. The quantitative estimate of drug-likeness (QED) is 0.206. The van der Waals surface area contributed by atoms with Gasteiger partial charge in [-0.1, -0.05) is 24.3 Å². The lowest BCUT2D eigenvalue weighted by atomic mass is 10.1. The van der Waals surface area contributed by atoms with Crippen LogP contribution in [0.1, 0.15) is 4.88 Å². The molecule has 6 rings (SSSR count). The number of fused-ring (bicyclic) bond motifs is 5. The number of allylic oxidation sites excluding steroid dienone is 1. The molecule has 1 aliphatic heterocycles. The Kier molecular flexibility index (Phi) is 4.01. The molecule has 0 radical (unpaired) electrons. The van der Waals surface area contributed by atoms with E-state index in [0.717, 1.165) is 54.7 Å². The number of hydrogen-bond acceptors (Lipinski definition) is 5. The Balaban J connectivity index is 1.49. The Bertz CT molecular complexity index is 1580. The van der Waals surface area contributed by atoms with Crippen LogP contribution >= 0.6 is 11.3 Å². The van der Waals surface area contributed by atoms with E-state index in [9.17, 15) is 0 Å². The highest BCUT2D eigenvalue weighted by atomic mass is 32.1. The van der Waals surface area contributed by atoms with Crippen molar-refractivity contribution in [1.82, 2.24) is 0 Å². The third kappa shape index (κ3) is 2.75. The lowest BCUT2D eigenvalue weighted by molar-refractivity contribution is 0.477. The molecule has 0 saturated heterocycles. The van der Waals surface area contributed by atoms with Gasteiger partial charge in [-0.15, -0.1) is 11.3 Å². The van der Waals surface area contributed by atoms with E-state index in [1.807, 2.05) is 66.7 Å². The molecule has 0 bridgehead atoms. The first-order chi connectivity index (χ1) is 15.7. The largest absolute Gasteiger partial charge is 0.455 e. The van der Waals surface area contributed by atoms with Gasteiger partial charge in [-0.25, -0.2) is 10.1 Å². The van der Waals surface area contributed by atoms with Gasteiger partial charge in [0.1, 0.15) is 11.2 Å². The predicted molar refractivity (Wildman–Crippen MR) is 127 cm³/mol. The lowest BCUT2D eigenvalue weighted by Crippen LogP contribution is -2.15. The predicted octanol–water partition coefficient (Wildman–Crippen LogP) is 8.01. The molecule has 0 amide bonds. The lowest BCUT2D eigenvalue weighted by Gasteiger charge is -2.32. The van der Waals surface area contributed by atoms with Crippen LogP contribution < -0.4 is 9.64 Å². The molecule has 5 nitrogen and oxygen atoms in total. The summed E-state index contributed by atoms with van der Waals surface area (Å²) >= 11 is 1.51. The van der Waals surface area contributed by atoms with Crippen molar-refractivity contribution in [3.63, 3.8) is 0 Å². The van der Waals surface area contributed by atoms with Gasteiger partial charge >= 0.3 is 0 Å². The van der Waals surface area contributed by atoms with Crippen molar-refractivity contribution in [2.75, 3.05) is 4.90 Å². The number of para-hydroxylation sites is 4. The number of ether oxygens (including phenoxy) is 1. The van der Waals surface area contributed by atoms with Gasteiger partial charge in [0.15, 0.2) is 11.5 Å². The summed E-state index contributed by atoms with van der Waals surface area (Å²) in [5, 5.41) is 10.0. The maximum atomic E-state index is 9.01. The normalized spacial score (nSPS) is 12.7. The number of nitrogens with zero attached hydrogens (tertiary/aromatic N) is 3. The summed E-state index contributed by atoms with van der Waals surface area (Å²) in [6, 6.07) is 25.9. The number of anilines is 3. The van der Waals surface area contributed by atoms with Crippen molar-refractivity contribution >= 4 is 55.7 Å². The van der Waals surface area contributed by atoms with E-state index in [2.05, 4.69) is 21.9 Å². The van der Waals surface area contributed by atoms with Crippen molar-refractivity contribution in [2.24, 2.45) is 0 Å². The second-order valence-electron chi connectivity index (χ2n) is 7.25. The summed E-state index contributed by atoms with van der Waals surface area (Å²) in [6.45, 7) is 7.06. The zero-order chi connectivity index (χ0) is 21.7. The molecular formula is C26H13N3O2S. The van der Waals surface area contributed by atoms with Crippen LogP contribution in [0.15, 0.2) is 82.9 Å². The second-order valence-corrected chi connectivity index (χ2v) is 8.33. The number of nitriles is 1. The maximum Gasteiger partial charge on any atom is 0.263 e. The third-order valence-electron chi connectivity index (χ3n) is 5.35. The molecule has 3 aromatic carbocycles. The molecule has 0 aliphatic carbocycles. The minimum Gasteiger partial charge on any atom is -0.455 e. The first-order valence-corrected chi connectivity index (χ1v) is 10.7. The van der Waals surface area contributed by atoms with Gasteiger partial charge in [-0.2, -0.15) is 0 Å². The van der Waals surface area contributed by atoms with Gasteiger partial charge < -0.3 is 14.1 Å². The molecule has 2 aromatic heterocycles. The Morgan fingerprint density at radius 2 is 1.69 bits per heavy atom. The van der Waals surface area contributed by atoms with Crippen LogP contribution in [0.25, 0.3) is 32.2 Å². The fourth-order valence-corrected chi connectivity index (χ4v) is 5.03. The summed E-state index contributed by atoms with van der Waals surface area (Å²) in [4.78, 5) is 6.23. The van der Waals surface area contributed by atoms with Crippen LogP contribution in [-0.2, 0) is 0 Å². The Morgan fingerprint density at radius 3 is 2.38 bits per heavy atom. The minimum absolute atomic E-state index is 0.0603. The summed E-state index contributed by atoms with van der Waals surface area (Å²) < 4.78 is 13.3. The van der Waals surface area contributed by atoms with Crippen molar-refractivity contribution in [3.8, 4) is 17.6 Å². The molecule has 0 unspecified atom stereocenters. The molecule has 32 heavy (non-hydrogen) atoms. The van der Waals surface area contributed by atoms with E-state index in [1.165, 1.54) is 11.3 Å². The van der Waals surface area contributed by atoms with Gasteiger partial charge in [0, 0.05) is 16.3 Å². The summed E-state index contributed by atoms with van der Waals surface area (Å²) in [7, 11) is 0. The van der Waals surface area contributed by atoms with E-state index in [-0.39, 0.29) is 5.70 Å². The minimum atomic E-state index is 0.0603. The van der Waals surface area contributed by atoms with Crippen molar-refractivity contribution in [1.29, 1.82) is 5.26 Å². The molecular weight excluding hydrogens is 418 g/mol. The smallest absolute Gasteiger partial charge is 0.263 e. The van der Waals surface area contributed by atoms with Gasteiger partial charge in [0.2, 0.25) is 0 Å². The summed E-state index contributed by atoms with van der Waals surface area (Å²) in [6.07, 6.45) is 1.59. The first kappa shape index (κ1) is 18.3. The molecule has 0 atom stereocenters. The van der Waals surface area contributed by atoms with Crippen LogP contribution in [0.2, 0.25) is 0 Å². The highest BCUT2D eigenvalue weighted by molar-refractivity contribution is 7.20. The van der Waals surface area contributed by atoms with E-state index in [1.54, 1.807) is 6.08 Å². The van der Waals surface area contributed by atoms with E-state index >= 15 is 0 Å². The number of hydrogen-bond donors (Lipinski definition) is 0. The van der Waals surface area contributed by atoms with Crippen molar-refractivity contribution < 1.29 is 9.15 Å². The van der Waals surface area contributed by atoms with Gasteiger partial charge in [-0.05, 0) is 48.5 Å². The standard InChI is InChI=1S/C26H13N3O2S/c1-28-16(15-27)12-18-14-25-26(32-18)19-11-10-17(13-24(19)31-25)29-20-6-2-4-8-22(20)30-23-9-5-3-7-21(23)29/h2-14H/b16-12-. The molecule has 6 heteroatoms. The van der Waals surface area contributed by atoms with Crippen molar-refractivity contribution in [2.45, 2.75) is 0 Å². The monoisotopic (exact) mass is 431 g/mol. The SMILES string of the molecule is [C-]#[N+]/C(C#N)=C\c1cc2oc3cc(N4c5ccccc5Oc5ccccc54)ccc3c2s1. The zero-order valence-electron chi connectivity index (χ0n) is 16.6. The van der Waals surface area contributed by atoms with Crippen LogP contribution in [0.4, 0.5) is 17.1 Å². The fourth-order valence-electron chi connectivity index (χ4n) is 3.97. The molecule has 0 fully saturated rings. The maximum absolute atomic E-state index is 9.01. The van der Waals surface area contributed by atoms with E-state index in [4.69, 9.17) is 21.0 Å². The first-order valence-electron chi connectivity index (χ1n) is 9.86. The topological polar surface area (TPSA) is 53.8 Å². The molecule has 0 saturated carbocycles. The molecule has 0 spiro atoms. The van der Waals surface area contributed by atoms with Crippen LogP contribution in [-0.4, -0.2) is 0 Å². The van der Waals surface area contributed by atoms with Crippen LogP contribution in [0, 0.1) is 17.9 Å². The third-order valence-corrected chi connectivity index (χ3v) is 6.45. The van der Waals surface area contributed by atoms with Gasteiger partial charge in [-0.3, -0.25) is 0 Å². The highest BCUT2D eigenvalue weighted by Gasteiger charge is 2.25. The molecule has 3 heterocycles. The molecule has 5 aromatic rings. The molecule has 0 N–H and O–H groups in total. The van der Waals surface area contributed by atoms with Gasteiger partial charge in [0.05, 0.1) is 34.4 Å². The summed E-state index contributed by atoms with van der Waals surface area (Å²) in [5.74, 6) is 1.60. The van der Waals surface area contributed by atoms with Gasteiger partial charge in [0.25, 0.3) is 5.70 Å². The highest BCUT2D eigenvalue weighted by Crippen LogP contribution is 2.50. The Morgan fingerprint density at radius 1 is 0.969 bits per heavy atom. The zero-order valence-corrected chi connectivity index (χ0v) is 17.4. The van der Waals surface area contributed by atoms with E-state index < -0.39 is 0 Å². The Hall–Kier alpha value is -4.52. The number of furan rings is 1. The fraction of sp³-hybridized carbons (Fsp3) is 0. The van der Waals surface area contributed by atoms with Crippen LogP contribution in [0.3, 0.4) is 0 Å². The van der Waals surface area contributed by atoms with Crippen LogP contribution in [0.5, 0.6) is 11.5 Å². The average Bonchev–Trinajstić information content (AvgIpc) is 3.37. The Labute approximate surface area is 187 Å².